The zero-order valence-corrected chi connectivity index (χ0v) is 9.71. The number of carbonyl (C=O) groups excluding carboxylic acids is 1. The van der Waals surface area contributed by atoms with Crippen LogP contribution in [0.2, 0.25) is 0 Å². The van der Waals surface area contributed by atoms with Gasteiger partial charge < -0.3 is 5.32 Å². The molecular weight excluding hydrogens is 256 g/mol. The van der Waals surface area contributed by atoms with Gasteiger partial charge in [0.25, 0.3) is 0 Å². The number of amides is 1. The van der Waals surface area contributed by atoms with Crippen LogP contribution in [0.15, 0.2) is 34.9 Å². The summed E-state index contributed by atoms with van der Waals surface area (Å²) in [7, 11) is 0. The lowest BCUT2D eigenvalue weighted by atomic mass is 10.2. The fourth-order valence-electron chi connectivity index (χ4n) is 1.42. The number of carbonyl (C=O) groups is 1. The van der Waals surface area contributed by atoms with Gasteiger partial charge in [0.1, 0.15) is 0 Å². The predicted molar refractivity (Wildman–Crippen MR) is 63.7 cm³/mol. The maximum Gasteiger partial charge on any atom is 0.221 e. The molecule has 1 amide bonds. The highest BCUT2D eigenvalue weighted by molar-refractivity contribution is 9.10. The largest absolute Gasteiger partial charge is 0.324 e. The summed E-state index contributed by atoms with van der Waals surface area (Å²) in [5.74, 6) is -0.0905. The van der Waals surface area contributed by atoms with Crippen molar-refractivity contribution in [2.75, 3.05) is 5.32 Å². The van der Waals surface area contributed by atoms with E-state index in [0.29, 0.717) is 0 Å². The molecule has 0 aliphatic carbocycles. The first-order valence-electron chi connectivity index (χ1n) is 4.48. The monoisotopic (exact) mass is 264 g/mol. The van der Waals surface area contributed by atoms with Gasteiger partial charge in [-0.25, -0.2) is 0 Å². The molecule has 1 aromatic heterocycles. The zero-order valence-electron chi connectivity index (χ0n) is 8.12. The SMILES string of the molecule is CC(=O)Nc1cccc2cc(Br)cnc12. The van der Waals surface area contributed by atoms with E-state index >= 15 is 0 Å². The van der Waals surface area contributed by atoms with Crippen LogP contribution >= 0.6 is 15.9 Å². The predicted octanol–water partition coefficient (Wildman–Crippen LogP) is 2.96. The van der Waals surface area contributed by atoms with Crippen LogP contribution in [0.25, 0.3) is 10.9 Å². The number of hydrogen-bond donors (Lipinski definition) is 1. The third kappa shape index (κ3) is 2.15. The third-order valence-electron chi connectivity index (χ3n) is 1.99. The minimum absolute atomic E-state index is 0.0905. The Kier molecular flexibility index (Phi) is 2.68. The van der Waals surface area contributed by atoms with Gasteiger partial charge >= 0.3 is 0 Å². The van der Waals surface area contributed by atoms with Gasteiger partial charge in [0.2, 0.25) is 5.91 Å². The molecule has 1 heterocycles. The van der Waals surface area contributed by atoms with E-state index in [9.17, 15) is 4.79 Å². The number of rotatable bonds is 1. The summed E-state index contributed by atoms with van der Waals surface area (Å²) in [5.41, 5.74) is 1.54. The average Bonchev–Trinajstić information content (AvgIpc) is 2.16. The lowest BCUT2D eigenvalue weighted by molar-refractivity contribution is -0.114. The maximum absolute atomic E-state index is 11.0. The molecule has 0 spiro atoms. The number of nitrogens with zero attached hydrogens (tertiary/aromatic N) is 1. The van der Waals surface area contributed by atoms with Crippen LogP contribution in [-0.4, -0.2) is 10.9 Å². The standard InChI is InChI=1S/C11H9BrN2O/c1-7(15)14-10-4-2-3-8-5-9(12)6-13-11(8)10/h2-6H,1H3,(H,14,15). The highest BCUT2D eigenvalue weighted by atomic mass is 79.9. The molecule has 4 heteroatoms. The molecule has 15 heavy (non-hydrogen) atoms. The van der Waals surface area contributed by atoms with Gasteiger partial charge in [0.05, 0.1) is 11.2 Å². The van der Waals surface area contributed by atoms with Crippen molar-refractivity contribution in [3.05, 3.63) is 34.9 Å². The zero-order chi connectivity index (χ0) is 10.8. The van der Waals surface area contributed by atoms with Gasteiger partial charge in [-0.05, 0) is 28.1 Å². The smallest absolute Gasteiger partial charge is 0.221 e. The number of benzene rings is 1. The van der Waals surface area contributed by atoms with Gasteiger partial charge in [0, 0.05) is 23.0 Å². The first-order chi connectivity index (χ1) is 7.16. The van der Waals surface area contributed by atoms with Crippen LogP contribution in [0.1, 0.15) is 6.92 Å². The second kappa shape index (κ2) is 3.98. The van der Waals surface area contributed by atoms with Crippen molar-refractivity contribution >= 4 is 38.4 Å². The minimum Gasteiger partial charge on any atom is -0.324 e. The normalized spacial score (nSPS) is 10.3. The Bertz CT molecular complexity index is 525. The Morgan fingerprint density at radius 3 is 3.00 bits per heavy atom. The van der Waals surface area contributed by atoms with Gasteiger partial charge in [-0.1, -0.05) is 12.1 Å². The van der Waals surface area contributed by atoms with Crippen molar-refractivity contribution in [2.24, 2.45) is 0 Å². The quantitative estimate of drug-likeness (QED) is 0.861. The lowest BCUT2D eigenvalue weighted by Gasteiger charge is -2.05. The van der Waals surface area contributed by atoms with Crippen LogP contribution in [0.4, 0.5) is 5.69 Å². The summed E-state index contributed by atoms with van der Waals surface area (Å²) in [5, 5.41) is 3.75. The number of para-hydroxylation sites is 1. The molecule has 0 unspecified atom stereocenters. The van der Waals surface area contributed by atoms with E-state index in [1.54, 1.807) is 6.20 Å². The van der Waals surface area contributed by atoms with E-state index in [0.717, 1.165) is 21.1 Å². The molecule has 0 aliphatic heterocycles. The summed E-state index contributed by atoms with van der Waals surface area (Å²) >= 11 is 3.36. The fraction of sp³-hybridized carbons (Fsp3) is 0.0909. The van der Waals surface area contributed by atoms with Crippen molar-refractivity contribution in [2.45, 2.75) is 6.92 Å². The minimum atomic E-state index is -0.0905. The van der Waals surface area contributed by atoms with Gasteiger partial charge in [-0.3, -0.25) is 9.78 Å². The first-order valence-corrected chi connectivity index (χ1v) is 5.28. The Labute approximate surface area is 95.6 Å². The van der Waals surface area contributed by atoms with Crippen molar-refractivity contribution in [3.8, 4) is 0 Å². The lowest BCUT2D eigenvalue weighted by Crippen LogP contribution is -2.06. The van der Waals surface area contributed by atoms with Crippen molar-refractivity contribution < 1.29 is 4.79 Å². The number of hydrogen-bond acceptors (Lipinski definition) is 2. The summed E-state index contributed by atoms with van der Waals surface area (Å²) in [6.07, 6.45) is 1.72. The molecule has 2 aromatic rings. The van der Waals surface area contributed by atoms with Crippen molar-refractivity contribution in [1.82, 2.24) is 4.98 Å². The maximum atomic E-state index is 11.0. The molecule has 2 rings (SSSR count). The number of nitrogens with one attached hydrogen (secondary N) is 1. The van der Waals surface area contributed by atoms with Crippen LogP contribution < -0.4 is 5.32 Å². The van der Waals surface area contributed by atoms with Gasteiger partial charge in [-0.2, -0.15) is 0 Å². The van der Waals surface area contributed by atoms with E-state index in [2.05, 4.69) is 26.2 Å². The summed E-state index contributed by atoms with van der Waals surface area (Å²) in [4.78, 5) is 15.2. The first kappa shape index (κ1) is 10.1. The highest BCUT2D eigenvalue weighted by Gasteiger charge is 2.03. The molecule has 1 N–H and O–H groups in total. The second-order valence-corrected chi connectivity index (χ2v) is 4.13. The van der Waals surface area contributed by atoms with E-state index in [1.165, 1.54) is 6.92 Å². The molecule has 0 atom stereocenters. The molecule has 0 fully saturated rings. The van der Waals surface area contributed by atoms with Gasteiger partial charge in [-0.15, -0.1) is 0 Å². The Morgan fingerprint density at radius 1 is 1.47 bits per heavy atom. The number of fused-ring (bicyclic) bond motifs is 1. The van der Waals surface area contributed by atoms with Crippen LogP contribution in [0, 0.1) is 0 Å². The van der Waals surface area contributed by atoms with Crippen molar-refractivity contribution in [1.29, 1.82) is 0 Å². The molecule has 0 bridgehead atoms. The summed E-state index contributed by atoms with van der Waals surface area (Å²) < 4.78 is 0.926. The third-order valence-corrected chi connectivity index (χ3v) is 2.42. The molecule has 76 valence electrons. The molecule has 3 nitrogen and oxygen atoms in total. The summed E-state index contributed by atoms with van der Waals surface area (Å²) in [6.45, 7) is 1.48. The van der Waals surface area contributed by atoms with E-state index in [1.807, 2.05) is 24.3 Å². The van der Waals surface area contributed by atoms with Crippen LogP contribution in [0.3, 0.4) is 0 Å². The molecule has 0 radical (unpaired) electrons. The highest BCUT2D eigenvalue weighted by Crippen LogP contribution is 2.23. The topological polar surface area (TPSA) is 42.0 Å². The van der Waals surface area contributed by atoms with Crippen molar-refractivity contribution in [3.63, 3.8) is 0 Å². The van der Waals surface area contributed by atoms with E-state index in [-0.39, 0.29) is 5.91 Å². The van der Waals surface area contributed by atoms with E-state index in [4.69, 9.17) is 0 Å². The molecule has 1 aromatic carbocycles. The average molecular weight is 265 g/mol. The second-order valence-electron chi connectivity index (χ2n) is 3.21. The molecule has 0 saturated heterocycles. The molecule has 0 aliphatic rings. The Hall–Kier alpha value is -1.42. The van der Waals surface area contributed by atoms with Gasteiger partial charge in [0.15, 0.2) is 0 Å². The molecular formula is C11H9BrN2O. The number of pyridine rings is 1. The van der Waals surface area contributed by atoms with Crippen LogP contribution in [0.5, 0.6) is 0 Å². The number of anilines is 1. The van der Waals surface area contributed by atoms with Crippen LogP contribution in [-0.2, 0) is 4.79 Å². The van der Waals surface area contributed by atoms with E-state index < -0.39 is 0 Å². The Morgan fingerprint density at radius 2 is 2.27 bits per heavy atom. The number of aromatic nitrogens is 1. The Balaban J connectivity index is 2.60. The fourth-order valence-corrected chi connectivity index (χ4v) is 1.77. The summed E-state index contributed by atoms with van der Waals surface area (Å²) in [6, 6.07) is 7.65. The molecule has 0 saturated carbocycles. The number of halogens is 1.